The molecule has 2 amide bonds. The van der Waals surface area contributed by atoms with Crippen LogP contribution in [-0.2, 0) is 19.3 Å². The molecule has 0 atom stereocenters. The lowest BCUT2D eigenvalue weighted by Crippen LogP contribution is -2.33. The topological polar surface area (TPSA) is 155 Å². The molecule has 0 aliphatic heterocycles. The molecular weight excluding hydrogens is 538 g/mol. The van der Waals surface area contributed by atoms with Crippen molar-refractivity contribution in [3.05, 3.63) is 75.1 Å². The summed E-state index contributed by atoms with van der Waals surface area (Å²) in [6.45, 7) is 1.69. The molecule has 2 heterocycles. The zero-order valence-corrected chi connectivity index (χ0v) is 20.9. The summed E-state index contributed by atoms with van der Waals surface area (Å²) in [6, 6.07) is 13.0. The van der Waals surface area contributed by atoms with Gasteiger partial charge in [0, 0.05) is 10.6 Å². The highest BCUT2D eigenvalue weighted by molar-refractivity contribution is 7.94. The summed E-state index contributed by atoms with van der Waals surface area (Å²) >= 11 is 7.43. The van der Waals surface area contributed by atoms with Crippen LogP contribution >= 0.6 is 35.0 Å². The summed E-state index contributed by atoms with van der Waals surface area (Å²) in [6.07, 6.45) is 0. The molecule has 2 aromatic heterocycles. The smallest absolute Gasteiger partial charge is 0.307 e. The summed E-state index contributed by atoms with van der Waals surface area (Å²) in [4.78, 5) is 34.5. The number of fused-ring (bicyclic) bond motifs is 1. The van der Waals surface area contributed by atoms with Gasteiger partial charge in [0.2, 0.25) is 0 Å². The van der Waals surface area contributed by atoms with E-state index < -0.39 is 16.1 Å². The molecule has 4 N–H and O–H groups in total. The number of aryl methyl sites for hydroxylation is 1. The van der Waals surface area contributed by atoms with Gasteiger partial charge < -0.3 is 5.32 Å². The molecule has 0 saturated carbocycles. The number of sulfonamides is 1. The fourth-order valence-electron chi connectivity index (χ4n) is 3.16. The normalized spacial score (nSPS) is 11.5. The van der Waals surface area contributed by atoms with Gasteiger partial charge in [0.25, 0.3) is 15.6 Å². The van der Waals surface area contributed by atoms with Gasteiger partial charge in [0.15, 0.2) is 0 Å². The second kappa shape index (κ2) is 10.3. The third-order valence-electron chi connectivity index (χ3n) is 4.60. The number of amides is 2. The Labute approximate surface area is 212 Å². The van der Waals surface area contributed by atoms with E-state index in [2.05, 4.69) is 19.6 Å². The van der Waals surface area contributed by atoms with Crippen LogP contribution in [0.5, 0.6) is 0 Å². The predicted molar refractivity (Wildman–Crippen MR) is 133 cm³/mol. The highest BCUT2D eigenvalue weighted by atomic mass is 35.5. The van der Waals surface area contributed by atoms with E-state index in [-0.39, 0.29) is 14.1 Å². The van der Waals surface area contributed by atoms with Crippen LogP contribution in [0, 0.1) is 6.92 Å². The minimum absolute atomic E-state index is 0.0877. The molecule has 0 radical (unpaired) electrons. The van der Waals surface area contributed by atoms with Gasteiger partial charge in [0.05, 0.1) is 33.0 Å². The van der Waals surface area contributed by atoms with E-state index in [1.54, 1.807) is 37.3 Å². The zero-order chi connectivity index (χ0) is 25.2. The molecule has 182 valence electrons. The van der Waals surface area contributed by atoms with Crippen molar-refractivity contribution in [1.82, 2.24) is 14.3 Å². The summed E-state index contributed by atoms with van der Waals surface area (Å²) < 4.78 is 32.7. The standard InChI is InChI=1S/C20H16ClN5O6S3/c1-11-23-16-7-6-14(34-32-31-22)10-15(16)19(27)26(11)13-4-2-12(3-5-13)24-20(28)25-35(29,30)18-9-8-17(21)33-18/h2-10H,22H2,1H3,(H2,24,25,28). The van der Waals surface area contributed by atoms with Gasteiger partial charge in [-0.2, -0.15) is 5.90 Å². The lowest BCUT2D eigenvalue weighted by Gasteiger charge is -2.12. The first kappa shape index (κ1) is 25.1. The lowest BCUT2D eigenvalue weighted by molar-refractivity contribution is -0.195. The minimum atomic E-state index is -4.06. The number of rotatable bonds is 7. The fraction of sp³-hybridized carbons (Fsp3) is 0.0500. The van der Waals surface area contributed by atoms with Crippen LogP contribution in [0.4, 0.5) is 10.5 Å². The van der Waals surface area contributed by atoms with Crippen molar-refractivity contribution in [3.63, 3.8) is 0 Å². The molecule has 0 unspecified atom stereocenters. The predicted octanol–water partition coefficient (Wildman–Crippen LogP) is 3.75. The number of nitrogens with two attached hydrogens (primary N) is 1. The Hall–Kier alpha value is -2.98. The van der Waals surface area contributed by atoms with Crippen molar-refractivity contribution in [2.75, 3.05) is 5.32 Å². The van der Waals surface area contributed by atoms with Crippen LogP contribution in [0.25, 0.3) is 16.6 Å². The molecule has 4 aromatic rings. The second-order valence-corrected chi connectivity index (χ2v) is 11.3. The van der Waals surface area contributed by atoms with Gasteiger partial charge in [-0.05, 0) is 61.5 Å². The van der Waals surface area contributed by atoms with Crippen molar-refractivity contribution < 1.29 is 22.5 Å². The highest BCUT2D eigenvalue weighted by Gasteiger charge is 2.20. The number of aromatic nitrogens is 2. The summed E-state index contributed by atoms with van der Waals surface area (Å²) in [5.74, 6) is 5.30. The molecule has 0 spiro atoms. The number of halogens is 1. The van der Waals surface area contributed by atoms with Gasteiger partial charge in [-0.1, -0.05) is 11.6 Å². The quantitative estimate of drug-likeness (QED) is 0.176. The Balaban J connectivity index is 1.55. The molecule has 2 aromatic carbocycles. The summed E-state index contributed by atoms with van der Waals surface area (Å²) in [5, 5.41) is 2.79. The van der Waals surface area contributed by atoms with Crippen molar-refractivity contribution in [2.45, 2.75) is 16.0 Å². The molecule has 0 aliphatic carbocycles. The Morgan fingerprint density at radius 1 is 1.17 bits per heavy atom. The first-order valence-electron chi connectivity index (χ1n) is 9.61. The number of nitrogens with one attached hydrogen (secondary N) is 2. The first-order chi connectivity index (χ1) is 16.7. The summed E-state index contributed by atoms with van der Waals surface area (Å²) in [5.41, 5.74) is 0.990. The fourth-order valence-corrected chi connectivity index (χ4v) is 5.95. The van der Waals surface area contributed by atoms with Gasteiger partial charge in [-0.3, -0.25) is 9.36 Å². The van der Waals surface area contributed by atoms with Crippen LogP contribution in [0.15, 0.2) is 68.5 Å². The molecule has 0 bridgehead atoms. The number of carbonyl (C=O) groups excluding carboxylic acids is 1. The molecular formula is C20H16ClN5O6S3. The number of benzene rings is 2. The van der Waals surface area contributed by atoms with E-state index in [4.69, 9.17) is 17.5 Å². The molecule has 0 aliphatic rings. The van der Waals surface area contributed by atoms with Crippen LogP contribution < -0.4 is 21.5 Å². The number of hydrogen-bond acceptors (Lipinski definition) is 10. The van der Waals surface area contributed by atoms with Crippen LogP contribution in [0.2, 0.25) is 4.34 Å². The molecule has 35 heavy (non-hydrogen) atoms. The molecule has 4 rings (SSSR count). The molecule has 11 nitrogen and oxygen atoms in total. The number of urea groups is 1. The average molecular weight is 554 g/mol. The maximum Gasteiger partial charge on any atom is 0.333 e. The Morgan fingerprint density at radius 2 is 1.91 bits per heavy atom. The van der Waals surface area contributed by atoms with Crippen LogP contribution in [0.3, 0.4) is 0 Å². The van der Waals surface area contributed by atoms with E-state index in [1.807, 2.05) is 4.72 Å². The monoisotopic (exact) mass is 553 g/mol. The zero-order valence-electron chi connectivity index (χ0n) is 17.7. The number of carbonyl (C=O) groups is 1. The lowest BCUT2D eigenvalue weighted by atomic mass is 10.2. The van der Waals surface area contributed by atoms with Crippen LogP contribution in [0.1, 0.15) is 5.82 Å². The van der Waals surface area contributed by atoms with E-state index in [0.717, 1.165) is 23.4 Å². The Morgan fingerprint density at radius 3 is 2.57 bits per heavy atom. The van der Waals surface area contributed by atoms with E-state index in [9.17, 15) is 18.0 Å². The van der Waals surface area contributed by atoms with E-state index in [1.165, 1.54) is 28.8 Å². The molecule has 0 fully saturated rings. The van der Waals surface area contributed by atoms with Crippen molar-refractivity contribution in [1.29, 1.82) is 0 Å². The maximum atomic E-state index is 13.2. The van der Waals surface area contributed by atoms with E-state index >= 15 is 0 Å². The minimum Gasteiger partial charge on any atom is -0.307 e. The largest absolute Gasteiger partial charge is 0.333 e. The third kappa shape index (κ3) is 5.65. The highest BCUT2D eigenvalue weighted by Crippen LogP contribution is 2.26. The van der Waals surface area contributed by atoms with E-state index in [0.29, 0.717) is 33.0 Å². The number of nitrogens with zero attached hydrogens (tertiary/aromatic N) is 2. The molecule has 0 saturated heterocycles. The Kier molecular flexibility index (Phi) is 7.42. The number of anilines is 1. The SMILES string of the molecule is Cc1nc2ccc(SOON)cc2c(=O)n1-c1ccc(NC(=O)NS(=O)(=O)c2ccc(Cl)s2)cc1. The van der Waals surface area contributed by atoms with Gasteiger partial charge in [-0.25, -0.2) is 22.9 Å². The first-order valence-corrected chi connectivity index (χ1v) is 13.0. The maximum absolute atomic E-state index is 13.2. The van der Waals surface area contributed by atoms with Gasteiger partial charge >= 0.3 is 6.03 Å². The van der Waals surface area contributed by atoms with Crippen LogP contribution in [-0.4, -0.2) is 24.0 Å². The second-order valence-electron chi connectivity index (χ2n) is 6.89. The molecule has 15 heteroatoms. The Bertz CT molecular complexity index is 1570. The van der Waals surface area contributed by atoms with Gasteiger partial charge in [-0.15, -0.1) is 20.7 Å². The summed E-state index contributed by atoms with van der Waals surface area (Å²) in [7, 11) is -4.06. The van der Waals surface area contributed by atoms with Crippen molar-refractivity contribution in [3.8, 4) is 5.69 Å². The van der Waals surface area contributed by atoms with Crippen molar-refractivity contribution >= 4 is 67.6 Å². The van der Waals surface area contributed by atoms with Gasteiger partial charge in [0.1, 0.15) is 10.0 Å². The number of hydrogen-bond donors (Lipinski definition) is 3. The average Bonchev–Trinajstić information content (AvgIpc) is 3.26. The number of thiophene rings is 1. The third-order valence-corrected chi connectivity index (χ3v) is 8.25. The van der Waals surface area contributed by atoms with Crippen molar-refractivity contribution in [2.24, 2.45) is 5.90 Å².